The van der Waals surface area contributed by atoms with Gasteiger partial charge in [0.2, 0.25) is 0 Å². The molecule has 1 amide bonds. The second-order valence-corrected chi connectivity index (χ2v) is 5.79. The Morgan fingerprint density at radius 1 is 1.00 bits per heavy atom. The van der Waals surface area contributed by atoms with Crippen LogP contribution in [0.4, 0.5) is 5.69 Å². The highest BCUT2D eigenvalue weighted by molar-refractivity contribution is 5.83. The molecule has 0 aliphatic rings. The van der Waals surface area contributed by atoms with E-state index in [0.717, 1.165) is 11.1 Å². The average Bonchev–Trinajstić information content (AvgIpc) is 2.73. The highest BCUT2D eigenvalue weighted by Gasteiger charge is 2.08. The highest BCUT2D eigenvalue weighted by Crippen LogP contribution is 2.29. The van der Waals surface area contributed by atoms with Crippen molar-refractivity contribution in [2.24, 2.45) is 5.10 Å². The smallest absolute Gasteiger partial charge is 0.277 e. The lowest BCUT2D eigenvalue weighted by Crippen LogP contribution is -2.24. The number of hydrogen-bond acceptors (Lipinski definition) is 5. The Bertz CT molecular complexity index is 986. The summed E-state index contributed by atoms with van der Waals surface area (Å²) in [5.74, 6) is 0.184. The first-order valence-corrected chi connectivity index (χ1v) is 8.47. The predicted octanol–water partition coefficient (Wildman–Crippen LogP) is 3.79. The topological polar surface area (TPSA) is 93.8 Å². The van der Waals surface area contributed by atoms with Gasteiger partial charge in [-0.25, -0.2) is 5.43 Å². The molecule has 3 aromatic carbocycles. The van der Waals surface area contributed by atoms with E-state index in [-0.39, 0.29) is 12.3 Å². The molecule has 3 rings (SSSR count). The molecule has 28 heavy (non-hydrogen) atoms. The van der Waals surface area contributed by atoms with Crippen LogP contribution in [0.25, 0.3) is 11.1 Å². The molecule has 1 N–H and O–H groups in total. The maximum atomic E-state index is 12.0. The monoisotopic (exact) mass is 375 g/mol. The zero-order chi connectivity index (χ0) is 19.8. The highest BCUT2D eigenvalue weighted by atomic mass is 16.6. The number of hydrogen-bond donors (Lipinski definition) is 1. The standard InChI is InChI=1S/C21H17N3O4/c25-21(23-22-14-16-10-12-18(13-11-16)24(26)27)15-28-20-9-5-4-8-19(20)17-6-2-1-3-7-17/h1-14H,15H2,(H,23,25)/b22-14-. The Hall–Kier alpha value is -4.00. The Balaban J connectivity index is 1.56. The summed E-state index contributed by atoms with van der Waals surface area (Å²) >= 11 is 0. The van der Waals surface area contributed by atoms with E-state index in [1.165, 1.54) is 18.3 Å². The lowest BCUT2D eigenvalue weighted by molar-refractivity contribution is -0.384. The summed E-state index contributed by atoms with van der Waals surface area (Å²) in [6.07, 6.45) is 1.40. The molecule has 7 heteroatoms. The summed E-state index contributed by atoms with van der Waals surface area (Å²) in [6.45, 7) is -0.193. The van der Waals surface area contributed by atoms with Crippen molar-refractivity contribution in [2.75, 3.05) is 6.61 Å². The van der Waals surface area contributed by atoms with Gasteiger partial charge in [0.15, 0.2) is 6.61 Å². The summed E-state index contributed by atoms with van der Waals surface area (Å²) in [6, 6.07) is 23.0. The first-order valence-electron chi connectivity index (χ1n) is 8.47. The fourth-order valence-electron chi connectivity index (χ4n) is 2.49. The molecule has 140 valence electrons. The number of benzene rings is 3. The quantitative estimate of drug-likeness (QED) is 0.386. The van der Waals surface area contributed by atoms with Crippen LogP contribution in [0.2, 0.25) is 0 Å². The molecular formula is C21H17N3O4. The van der Waals surface area contributed by atoms with Crippen molar-refractivity contribution in [3.8, 4) is 16.9 Å². The maximum Gasteiger partial charge on any atom is 0.277 e. The number of hydrazone groups is 1. The van der Waals surface area contributed by atoms with Crippen LogP contribution in [0.5, 0.6) is 5.75 Å². The van der Waals surface area contributed by atoms with Gasteiger partial charge < -0.3 is 4.74 Å². The molecule has 0 spiro atoms. The lowest BCUT2D eigenvalue weighted by atomic mass is 10.1. The third-order valence-electron chi connectivity index (χ3n) is 3.84. The molecule has 0 aliphatic heterocycles. The third kappa shape index (κ3) is 5.01. The third-order valence-corrected chi connectivity index (χ3v) is 3.84. The summed E-state index contributed by atoms with van der Waals surface area (Å²) in [5.41, 5.74) is 4.88. The summed E-state index contributed by atoms with van der Waals surface area (Å²) in [7, 11) is 0. The number of nitro groups is 1. The van der Waals surface area contributed by atoms with Crippen LogP contribution in [-0.4, -0.2) is 23.7 Å². The van der Waals surface area contributed by atoms with Crippen molar-refractivity contribution in [3.05, 3.63) is 94.5 Å². The number of non-ortho nitro benzene ring substituents is 1. The number of nitrogens with one attached hydrogen (secondary N) is 1. The van der Waals surface area contributed by atoms with E-state index < -0.39 is 10.8 Å². The van der Waals surface area contributed by atoms with Crippen LogP contribution in [-0.2, 0) is 4.79 Å². The Morgan fingerprint density at radius 3 is 2.39 bits per heavy atom. The van der Waals surface area contributed by atoms with E-state index in [4.69, 9.17) is 4.74 Å². The molecule has 0 bridgehead atoms. The van der Waals surface area contributed by atoms with Crippen LogP contribution in [0.1, 0.15) is 5.56 Å². The predicted molar refractivity (Wildman–Crippen MR) is 106 cm³/mol. The van der Waals surface area contributed by atoms with Crippen molar-refractivity contribution in [2.45, 2.75) is 0 Å². The van der Waals surface area contributed by atoms with Gasteiger partial charge in [0.05, 0.1) is 11.1 Å². The summed E-state index contributed by atoms with van der Waals surface area (Å²) < 4.78 is 5.64. The number of ether oxygens (including phenoxy) is 1. The normalized spacial score (nSPS) is 10.6. The Morgan fingerprint density at radius 2 is 1.68 bits per heavy atom. The molecule has 0 unspecified atom stereocenters. The molecule has 0 fully saturated rings. The average molecular weight is 375 g/mol. The van der Waals surface area contributed by atoms with Gasteiger partial charge in [-0.1, -0.05) is 48.5 Å². The van der Waals surface area contributed by atoms with Crippen LogP contribution >= 0.6 is 0 Å². The van der Waals surface area contributed by atoms with E-state index in [1.807, 2.05) is 48.5 Å². The van der Waals surface area contributed by atoms with Crippen molar-refractivity contribution in [1.82, 2.24) is 5.43 Å². The summed E-state index contributed by atoms with van der Waals surface area (Å²) in [4.78, 5) is 22.1. The van der Waals surface area contributed by atoms with Gasteiger partial charge in [0, 0.05) is 17.7 Å². The van der Waals surface area contributed by atoms with Crippen LogP contribution in [0, 0.1) is 10.1 Å². The SMILES string of the molecule is O=C(COc1ccccc1-c1ccccc1)N/N=C\c1ccc([N+](=O)[O-])cc1. The van der Waals surface area contributed by atoms with Gasteiger partial charge in [-0.3, -0.25) is 14.9 Å². The molecule has 3 aromatic rings. The largest absolute Gasteiger partial charge is 0.483 e. The number of carbonyl (C=O) groups is 1. The summed E-state index contributed by atoms with van der Waals surface area (Å²) in [5, 5.41) is 14.5. The van der Waals surface area contributed by atoms with Gasteiger partial charge in [-0.05, 0) is 29.3 Å². The van der Waals surface area contributed by atoms with E-state index >= 15 is 0 Å². The van der Waals surface area contributed by atoms with E-state index in [9.17, 15) is 14.9 Å². The van der Waals surface area contributed by atoms with Crippen molar-refractivity contribution < 1.29 is 14.5 Å². The first kappa shape index (κ1) is 18.8. The number of amides is 1. The molecule has 0 saturated carbocycles. The molecule has 0 saturated heterocycles. The van der Waals surface area contributed by atoms with Crippen molar-refractivity contribution in [1.29, 1.82) is 0 Å². The van der Waals surface area contributed by atoms with Crippen molar-refractivity contribution >= 4 is 17.8 Å². The first-order chi connectivity index (χ1) is 13.6. The number of para-hydroxylation sites is 1. The molecular weight excluding hydrogens is 358 g/mol. The van der Waals surface area contributed by atoms with E-state index in [1.54, 1.807) is 18.2 Å². The molecule has 0 radical (unpaired) electrons. The number of carbonyl (C=O) groups excluding carboxylic acids is 1. The van der Waals surface area contributed by atoms with E-state index in [0.29, 0.717) is 11.3 Å². The van der Waals surface area contributed by atoms with Crippen LogP contribution in [0.15, 0.2) is 84.0 Å². The maximum absolute atomic E-state index is 12.0. The second-order valence-electron chi connectivity index (χ2n) is 5.79. The second kappa shape index (κ2) is 9.09. The van der Waals surface area contributed by atoms with Crippen molar-refractivity contribution in [3.63, 3.8) is 0 Å². The van der Waals surface area contributed by atoms with Gasteiger partial charge in [0.1, 0.15) is 5.75 Å². The van der Waals surface area contributed by atoms with Gasteiger partial charge in [-0.15, -0.1) is 0 Å². The fraction of sp³-hybridized carbons (Fsp3) is 0.0476. The molecule has 7 nitrogen and oxygen atoms in total. The number of rotatable bonds is 7. The minimum atomic E-state index is -0.479. The Kier molecular flexibility index (Phi) is 6.10. The minimum absolute atomic E-state index is 0.00772. The number of nitro benzene ring substituents is 1. The zero-order valence-corrected chi connectivity index (χ0v) is 14.8. The van der Waals surface area contributed by atoms with Gasteiger partial charge >= 0.3 is 0 Å². The van der Waals surface area contributed by atoms with Gasteiger partial charge in [0.25, 0.3) is 11.6 Å². The van der Waals surface area contributed by atoms with Crippen LogP contribution < -0.4 is 10.2 Å². The molecule has 0 aliphatic carbocycles. The zero-order valence-electron chi connectivity index (χ0n) is 14.8. The fourth-order valence-corrected chi connectivity index (χ4v) is 2.49. The molecule has 0 atom stereocenters. The molecule has 0 aromatic heterocycles. The molecule has 0 heterocycles. The number of nitrogens with zero attached hydrogens (tertiary/aromatic N) is 2. The Labute approximate surface area is 161 Å². The minimum Gasteiger partial charge on any atom is -0.483 e. The van der Waals surface area contributed by atoms with Crippen LogP contribution in [0.3, 0.4) is 0 Å². The lowest BCUT2D eigenvalue weighted by Gasteiger charge is -2.10. The van der Waals surface area contributed by atoms with Gasteiger partial charge in [-0.2, -0.15) is 5.10 Å². The van der Waals surface area contributed by atoms with E-state index in [2.05, 4.69) is 10.5 Å².